The maximum absolute atomic E-state index is 13.3. The summed E-state index contributed by atoms with van der Waals surface area (Å²) in [5.41, 5.74) is 1.83. The molecule has 1 N–H and O–H groups in total. The van der Waals surface area contributed by atoms with Gasteiger partial charge in [-0.1, -0.05) is 12.1 Å². The van der Waals surface area contributed by atoms with Crippen molar-refractivity contribution >= 4 is 28.2 Å². The second-order valence-electron chi connectivity index (χ2n) is 6.89. The number of anilines is 3. The first-order valence-corrected chi connectivity index (χ1v) is 9.04. The molecule has 2 aromatic carbocycles. The maximum atomic E-state index is 13.3. The van der Waals surface area contributed by atoms with Crippen LogP contribution in [-0.2, 0) is 6.18 Å². The fourth-order valence-electron chi connectivity index (χ4n) is 3.29. The fraction of sp³-hybridized carbons (Fsp3) is 0.300. The molecule has 0 aliphatic carbocycles. The van der Waals surface area contributed by atoms with Gasteiger partial charge >= 0.3 is 6.18 Å². The van der Waals surface area contributed by atoms with Gasteiger partial charge in [-0.25, -0.2) is 4.98 Å². The quantitative estimate of drug-likeness (QED) is 0.732. The summed E-state index contributed by atoms with van der Waals surface area (Å²) in [5.74, 6) is 0.411. The third-order valence-corrected chi connectivity index (χ3v) is 4.88. The number of aromatic nitrogens is 2. The number of hydrogen-bond donors (Lipinski definition) is 1. The van der Waals surface area contributed by atoms with E-state index in [2.05, 4.69) is 25.1 Å². The SMILES string of the molecule is CN1CCN(c2ccc(C(F)(F)F)cc2Nc2cnc3ccccc3n2)CC1. The average Bonchev–Trinajstić information content (AvgIpc) is 2.68. The standard InChI is InChI=1S/C20H20F3N5/c1-27-8-10-28(11-9-27)18-7-6-14(20(21,22)23)12-17(18)26-19-13-24-15-4-2-3-5-16(15)25-19/h2-7,12-13H,8-11H2,1H3,(H,25,26). The number of para-hydroxylation sites is 2. The zero-order chi connectivity index (χ0) is 19.7. The highest BCUT2D eigenvalue weighted by atomic mass is 19.4. The van der Waals surface area contributed by atoms with Crippen molar-refractivity contribution in [2.75, 3.05) is 43.4 Å². The smallest absolute Gasteiger partial charge is 0.367 e. The molecule has 3 aromatic rings. The second-order valence-corrected chi connectivity index (χ2v) is 6.89. The van der Waals surface area contributed by atoms with E-state index in [-0.39, 0.29) is 0 Å². The molecule has 4 rings (SSSR count). The van der Waals surface area contributed by atoms with Gasteiger partial charge in [0, 0.05) is 26.2 Å². The Morgan fingerprint density at radius 3 is 2.39 bits per heavy atom. The Balaban J connectivity index is 1.71. The molecular formula is C20H20F3N5. The van der Waals surface area contributed by atoms with E-state index in [1.807, 2.05) is 31.3 Å². The van der Waals surface area contributed by atoms with Crippen molar-refractivity contribution in [1.82, 2.24) is 14.9 Å². The minimum absolute atomic E-state index is 0.379. The number of piperazine rings is 1. The Bertz CT molecular complexity index is 981. The molecule has 0 amide bonds. The van der Waals surface area contributed by atoms with Gasteiger partial charge in [-0.2, -0.15) is 13.2 Å². The van der Waals surface area contributed by atoms with Gasteiger partial charge in [-0.15, -0.1) is 0 Å². The average molecular weight is 387 g/mol. The summed E-state index contributed by atoms with van der Waals surface area (Å²) >= 11 is 0. The first-order chi connectivity index (χ1) is 13.4. The van der Waals surface area contributed by atoms with Crippen LogP contribution in [-0.4, -0.2) is 48.1 Å². The van der Waals surface area contributed by atoms with Crippen molar-refractivity contribution in [3.05, 3.63) is 54.2 Å². The van der Waals surface area contributed by atoms with E-state index < -0.39 is 11.7 Å². The van der Waals surface area contributed by atoms with Crippen molar-refractivity contribution in [3.63, 3.8) is 0 Å². The summed E-state index contributed by atoms with van der Waals surface area (Å²) in [5, 5.41) is 3.06. The Morgan fingerprint density at radius 2 is 1.68 bits per heavy atom. The number of nitrogens with zero attached hydrogens (tertiary/aromatic N) is 4. The predicted octanol–water partition coefficient (Wildman–Crippen LogP) is 4.14. The highest BCUT2D eigenvalue weighted by molar-refractivity contribution is 5.79. The van der Waals surface area contributed by atoms with E-state index in [9.17, 15) is 13.2 Å². The highest BCUT2D eigenvalue weighted by Gasteiger charge is 2.31. The maximum Gasteiger partial charge on any atom is 0.416 e. The monoisotopic (exact) mass is 387 g/mol. The number of rotatable bonds is 3. The number of fused-ring (bicyclic) bond motifs is 1. The summed E-state index contributed by atoms with van der Waals surface area (Å²) in [6.45, 7) is 3.21. The van der Waals surface area contributed by atoms with E-state index >= 15 is 0 Å². The molecule has 8 heteroatoms. The molecule has 0 bridgehead atoms. The van der Waals surface area contributed by atoms with Crippen LogP contribution >= 0.6 is 0 Å². The van der Waals surface area contributed by atoms with Gasteiger partial charge in [0.05, 0.1) is 34.2 Å². The molecule has 1 aliphatic rings. The van der Waals surface area contributed by atoms with Crippen molar-refractivity contribution in [1.29, 1.82) is 0 Å². The van der Waals surface area contributed by atoms with E-state index in [4.69, 9.17) is 0 Å². The van der Waals surface area contributed by atoms with Crippen LogP contribution in [0.5, 0.6) is 0 Å². The first-order valence-electron chi connectivity index (χ1n) is 9.04. The van der Waals surface area contributed by atoms with Gasteiger partial charge in [0.2, 0.25) is 0 Å². The number of likely N-dealkylation sites (N-methyl/N-ethyl adjacent to an activating group) is 1. The molecule has 2 heterocycles. The number of benzene rings is 2. The topological polar surface area (TPSA) is 44.3 Å². The minimum atomic E-state index is -4.41. The zero-order valence-corrected chi connectivity index (χ0v) is 15.4. The Hall–Kier alpha value is -2.87. The van der Waals surface area contributed by atoms with Gasteiger partial charge in [-0.3, -0.25) is 4.98 Å². The number of halogens is 3. The predicted molar refractivity (Wildman–Crippen MR) is 104 cm³/mol. The molecule has 0 spiro atoms. The van der Waals surface area contributed by atoms with Gasteiger partial charge in [0.1, 0.15) is 5.82 Å². The lowest BCUT2D eigenvalue weighted by Crippen LogP contribution is -2.44. The number of nitrogens with one attached hydrogen (secondary N) is 1. The van der Waals surface area contributed by atoms with E-state index in [0.717, 1.165) is 49.5 Å². The molecule has 0 radical (unpaired) electrons. The molecule has 5 nitrogen and oxygen atoms in total. The largest absolute Gasteiger partial charge is 0.416 e. The summed E-state index contributed by atoms with van der Waals surface area (Å²) in [6.07, 6.45) is -2.87. The van der Waals surface area contributed by atoms with Crippen LogP contribution in [0.25, 0.3) is 11.0 Å². The van der Waals surface area contributed by atoms with Crippen molar-refractivity contribution < 1.29 is 13.2 Å². The van der Waals surface area contributed by atoms with Crippen molar-refractivity contribution in [2.45, 2.75) is 6.18 Å². The molecule has 1 aliphatic heterocycles. The van der Waals surface area contributed by atoms with E-state index in [1.165, 1.54) is 12.3 Å². The fourth-order valence-corrected chi connectivity index (χ4v) is 3.29. The van der Waals surface area contributed by atoms with Crippen molar-refractivity contribution in [2.24, 2.45) is 0 Å². The van der Waals surface area contributed by atoms with E-state index in [1.54, 1.807) is 0 Å². The third kappa shape index (κ3) is 3.87. The number of hydrogen-bond acceptors (Lipinski definition) is 5. The van der Waals surface area contributed by atoms with Crippen LogP contribution in [0, 0.1) is 0 Å². The first kappa shape index (κ1) is 18.5. The molecule has 0 saturated carbocycles. The van der Waals surface area contributed by atoms with Gasteiger partial charge in [0.25, 0.3) is 0 Å². The van der Waals surface area contributed by atoms with Crippen molar-refractivity contribution in [3.8, 4) is 0 Å². The summed E-state index contributed by atoms with van der Waals surface area (Å²) in [4.78, 5) is 13.1. The Kier molecular flexibility index (Phi) is 4.80. The number of alkyl halides is 3. The molecule has 0 atom stereocenters. The third-order valence-electron chi connectivity index (χ3n) is 4.88. The summed E-state index contributed by atoms with van der Waals surface area (Å²) in [6, 6.07) is 11.2. The molecule has 146 valence electrons. The molecule has 0 unspecified atom stereocenters. The van der Waals surface area contributed by atoms with Gasteiger partial charge in [0.15, 0.2) is 0 Å². The lowest BCUT2D eigenvalue weighted by Gasteiger charge is -2.35. The Labute approximate surface area is 160 Å². The van der Waals surface area contributed by atoms with Gasteiger partial charge in [-0.05, 0) is 37.4 Å². The van der Waals surface area contributed by atoms with Crippen LogP contribution in [0.1, 0.15) is 5.56 Å². The molecule has 28 heavy (non-hydrogen) atoms. The molecule has 1 saturated heterocycles. The van der Waals surface area contributed by atoms with Crippen LogP contribution in [0.3, 0.4) is 0 Å². The van der Waals surface area contributed by atoms with Crippen LogP contribution in [0.4, 0.5) is 30.4 Å². The van der Waals surface area contributed by atoms with Gasteiger partial charge < -0.3 is 15.1 Å². The zero-order valence-electron chi connectivity index (χ0n) is 15.4. The normalized spacial score (nSPS) is 15.8. The second kappa shape index (κ2) is 7.27. The lowest BCUT2D eigenvalue weighted by molar-refractivity contribution is -0.137. The highest BCUT2D eigenvalue weighted by Crippen LogP contribution is 2.36. The van der Waals surface area contributed by atoms with Crippen LogP contribution in [0.2, 0.25) is 0 Å². The molecule has 1 fully saturated rings. The van der Waals surface area contributed by atoms with Crippen LogP contribution in [0.15, 0.2) is 48.7 Å². The Morgan fingerprint density at radius 1 is 0.964 bits per heavy atom. The lowest BCUT2D eigenvalue weighted by atomic mass is 10.1. The summed E-state index contributed by atoms with van der Waals surface area (Å²) < 4.78 is 39.8. The minimum Gasteiger partial charge on any atom is -0.367 e. The summed E-state index contributed by atoms with van der Waals surface area (Å²) in [7, 11) is 2.04. The molecular weight excluding hydrogens is 367 g/mol. The van der Waals surface area contributed by atoms with Crippen LogP contribution < -0.4 is 10.2 Å². The molecule has 1 aromatic heterocycles. The van der Waals surface area contributed by atoms with E-state index in [0.29, 0.717) is 17.0 Å².